The number of nitrogens with one attached hydrogen (secondary N) is 3. The normalized spacial score (nSPS) is 18.9. The second-order valence-corrected chi connectivity index (χ2v) is 19.0. The summed E-state index contributed by atoms with van der Waals surface area (Å²) in [4.78, 5) is 43.1. The minimum Gasteiger partial charge on any atom is -0.506 e. The first-order chi connectivity index (χ1) is 35.1. The lowest BCUT2D eigenvalue weighted by atomic mass is 9.79. The molecule has 0 bridgehead atoms. The van der Waals surface area contributed by atoms with E-state index in [1.807, 2.05) is 115 Å². The van der Waals surface area contributed by atoms with Crippen molar-refractivity contribution in [1.82, 2.24) is 0 Å². The van der Waals surface area contributed by atoms with Gasteiger partial charge in [-0.15, -0.1) is 0 Å². The fraction of sp³-hybridized carbons (Fsp3) is 0.167. The van der Waals surface area contributed by atoms with Crippen molar-refractivity contribution >= 4 is 67.5 Å². The first-order valence-electron chi connectivity index (χ1n) is 24.4. The van der Waals surface area contributed by atoms with E-state index in [-0.39, 0.29) is 35.5 Å². The number of nitrogens with zero attached hydrogens (tertiary/aromatic N) is 1. The molecule has 0 amide bonds. The number of aliphatic hydroxyl groups is 1. The van der Waals surface area contributed by atoms with Crippen molar-refractivity contribution in [3.05, 3.63) is 190 Å². The Morgan fingerprint density at radius 1 is 0.528 bits per heavy atom. The largest absolute Gasteiger partial charge is 0.506 e. The first kappa shape index (κ1) is 43.1. The topological polar surface area (TPSA) is 179 Å². The molecule has 2 atom stereocenters. The molecule has 0 saturated carbocycles. The van der Waals surface area contributed by atoms with Crippen LogP contribution in [0, 0.1) is 0 Å². The van der Waals surface area contributed by atoms with Crippen molar-refractivity contribution in [2.24, 2.45) is 4.99 Å². The van der Waals surface area contributed by atoms with Crippen LogP contribution in [0.3, 0.4) is 0 Å². The summed E-state index contributed by atoms with van der Waals surface area (Å²) in [7, 11) is 0. The van der Waals surface area contributed by atoms with Crippen LogP contribution in [0.4, 0.5) is 17.1 Å². The van der Waals surface area contributed by atoms with Crippen LogP contribution < -0.4 is 36.0 Å². The van der Waals surface area contributed by atoms with Gasteiger partial charge >= 0.3 is 11.9 Å². The summed E-state index contributed by atoms with van der Waals surface area (Å²) in [5, 5.41) is 47.2. The van der Waals surface area contributed by atoms with Crippen molar-refractivity contribution in [1.29, 1.82) is 0 Å². The molecule has 5 aliphatic rings. The summed E-state index contributed by atoms with van der Waals surface area (Å²) in [6.07, 6.45) is 2.38. The van der Waals surface area contributed by atoms with Crippen LogP contribution in [0.15, 0.2) is 156 Å². The summed E-state index contributed by atoms with van der Waals surface area (Å²) in [5.74, 6) is -0.792. The average molecular weight is 951 g/mol. The van der Waals surface area contributed by atoms with Crippen molar-refractivity contribution < 1.29 is 39.2 Å². The molecule has 0 saturated heterocycles. The number of carbonyl (C=O) groups excluding carboxylic acids is 1. The Morgan fingerprint density at radius 3 is 1.78 bits per heavy atom. The number of hydrogen-bond acceptors (Lipinski definition) is 10. The summed E-state index contributed by atoms with van der Waals surface area (Å²) in [5.41, 5.74) is 9.00. The maximum atomic E-state index is 15.2. The van der Waals surface area contributed by atoms with E-state index in [1.165, 1.54) is 0 Å². The Bertz CT molecular complexity index is 3880. The van der Waals surface area contributed by atoms with Crippen LogP contribution in [-0.4, -0.2) is 46.3 Å². The number of anilines is 3. The highest BCUT2D eigenvalue weighted by molar-refractivity contribution is 6.52. The number of allylic oxidation sites excluding steroid dienone is 2. The van der Waals surface area contributed by atoms with Gasteiger partial charge in [0.25, 0.3) is 0 Å². The number of carbonyl (C=O) groups is 3. The number of carboxylic acids is 2. The molecule has 0 aromatic heterocycles. The van der Waals surface area contributed by atoms with Gasteiger partial charge in [0, 0.05) is 68.0 Å². The molecule has 2 unspecified atom stereocenters. The van der Waals surface area contributed by atoms with Crippen LogP contribution in [-0.2, 0) is 25.7 Å². The fourth-order valence-corrected chi connectivity index (χ4v) is 11.7. The van der Waals surface area contributed by atoms with E-state index in [1.54, 1.807) is 0 Å². The summed E-state index contributed by atoms with van der Waals surface area (Å²) in [6.45, 7) is 0.730. The number of rotatable bonds is 13. The zero-order valence-electron chi connectivity index (χ0n) is 38.8. The Hall–Kier alpha value is -8.90. The second kappa shape index (κ2) is 16.3. The summed E-state index contributed by atoms with van der Waals surface area (Å²) < 4.78 is 12.4. The van der Waals surface area contributed by atoms with Crippen LogP contribution in [0.25, 0.3) is 54.9 Å². The minimum absolute atomic E-state index is 0.0813. The van der Waals surface area contributed by atoms with E-state index in [0.29, 0.717) is 72.2 Å². The maximum Gasteiger partial charge on any atom is 0.303 e. The van der Waals surface area contributed by atoms with Crippen LogP contribution in [0.2, 0.25) is 0 Å². The van der Waals surface area contributed by atoms with Crippen LogP contribution >= 0.6 is 0 Å². The van der Waals surface area contributed by atoms with Gasteiger partial charge in [-0.25, -0.2) is 4.99 Å². The standard InChI is InChI=1S/C60H46N4O8/c65-49(66)19-5-7-29-71-35-23-27-39-37-13-1-3-15-43(37)59(45(39)31-35)61-47-17-9-11-33-21-25-41(55(63-59)51(33)47)53-57(69)54(58(53)70)42-26-22-34-12-10-18-48-52(34)56(42)64-60(62-48)44-16-4-2-14-38(44)40-28-24-36(32-46(40)60)72-30-8-6-20-50(67)68/h1-4,9-18,21-28,31-32,61-63,69H,5-8,19-20,29-30H2,(H,65,66)(H,67,68)/b54-42+. The molecule has 3 aliphatic carbocycles. The highest BCUT2D eigenvalue weighted by atomic mass is 16.5. The molecule has 2 spiro atoms. The fourth-order valence-electron chi connectivity index (χ4n) is 11.7. The van der Waals surface area contributed by atoms with Gasteiger partial charge in [0.05, 0.1) is 35.4 Å². The molecule has 6 N–H and O–H groups in total. The van der Waals surface area contributed by atoms with Crippen LogP contribution in [0.5, 0.6) is 11.5 Å². The number of ketones is 1. The molecule has 2 aliphatic heterocycles. The third-order valence-corrected chi connectivity index (χ3v) is 14.9. The Morgan fingerprint density at radius 2 is 1.10 bits per heavy atom. The number of aliphatic hydroxyl groups excluding tert-OH is 1. The maximum absolute atomic E-state index is 15.2. The van der Waals surface area contributed by atoms with Gasteiger partial charge in [-0.1, -0.05) is 109 Å². The molecule has 12 heteroatoms. The highest BCUT2D eigenvalue weighted by Gasteiger charge is 2.49. The van der Waals surface area contributed by atoms with Crippen molar-refractivity contribution in [3.8, 4) is 33.8 Å². The number of Topliss-reactive ketones (excluding diaryl/α,β-unsaturated/α-hetero) is 1. The zero-order valence-corrected chi connectivity index (χ0v) is 38.8. The third-order valence-electron chi connectivity index (χ3n) is 14.9. The van der Waals surface area contributed by atoms with Crippen LogP contribution in [0.1, 0.15) is 66.3 Å². The van der Waals surface area contributed by atoms with Gasteiger partial charge in [0.15, 0.2) is 11.3 Å². The first-order valence-corrected chi connectivity index (χ1v) is 24.4. The molecular formula is C60H46N4O8. The molecule has 2 heterocycles. The molecule has 0 radical (unpaired) electrons. The number of aliphatic carboxylic acids is 2. The average Bonchev–Trinajstić information content (AvgIpc) is 3.79. The van der Waals surface area contributed by atoms with Gasteiger partial charge in [-0.3, -0.25) is 14.4 Å². The van der Waals surface area contributed by atoms with Gasteiger partial charge in [0.1, 0.15) is 17.3 Å². The molecular weight excluding hydrogens is 905 g/mol. The predicted octanol–water partition coefficient (Wildman–Crippen LogP) is 10.6. The Labute approximate surface area is 412 Å². The molecule has 0 fully saturated rings. The van der Waals surface area contributed by atoms with Crippen molar-refractivity contribution in [3.63, 3.8) is 0 Å². The van der Waals surface area contributed by atoms with Gasteiger partial charge in [-0.2, -0.15) is 0 Å². The van der Waals surface area contributed by atoms with E-state index in [4.69, 9.17) is 24.7 Å². The smallest absolute Gasteiger partial charge is 0.303 e. The van der Waals surface area contributed by atoms with E-state index in [2.05, 4.69) is 46.3 Å². The van der Waals surface area contributed by atoms with Gasteiger partial charge < -0.3 is 40.7 Å². The molecule has 12 nitrogen and oxygen atoms in total. The van der Waals surface area contributed by atoms with Crippen molar-refractivity contribution in [2.45, 2.75) is 49.9 Å². The lowest BCUT2D eigenvalue weighted by Gasteiger charge is -2.41. The lowest BCUT2D eigenvalue weighted by molar-refractivity contribution is -0.138. The number of hydrogen-bond donors (Lipinski definition) is 6. The molecule has 13 rings (SSSR count). The van der Waals surface area contributed by atoms with E-state index < -0.39 is 23.3 Å². The molecule has 72 heavy (non-hydrogen) atoms. The Kier molecular flexibility index (Phi) is 9.79. The quantitative estimate of drug-likeness (QED) is 0.0606. The molecule has 8 aromatic carbocycles. The van der Waals surface area contributed by atoms with E-state index in [0.717, 1.165) is 77.4 Å². The number of ether oxygens (including phenoxy) is 2. The predicted molar refractivity (Wildman–Crippen MR) is 277 cm³/mol. The van der Waals surface area contributed by atoms with Gasteiger partial charge in [-0.05, 0) is 95.1 Å². The zero-order chi connectivity index (χ0) is 48.9. The SMILES string of the molecule is O=C(O)CCCCOc1ccc2c(c1)C1(N=c3/c(=C4/C(=O)C(c5ccc6cccc7c6c5NC5(N7)c6ccccc6-c6ccc(OCCCCC(=O)O)cc65)=C4O)ccc4cccc(c34)N1)c1ccccc1-2. The van der Waals surface area contributed by atoms with Crippen molar-refractivity contribution in [2.75, 3.05) is 29.2 Å². The monoisotopic (exact) mass is 950 g/mol. The molecule has 8 aromatic rings. The number of fused-ring (bicyclic) bond motifs is 10. The Balaban J connectivity index is 0.950. The third kappa shape index (κ3) is 6.44. The number of unbranched alkanes of at least 4 members (excludes halogenated alkanes) is 2. The van der Waals surface area contributed by atoms with E-state index >= 15 is 4.79 Å². The number of carboxylic acid groups (broad SMARTS) is 2. The second-order valence-electron chi connectivity index (χ2n) is 19.0. The van der Waals surface area contributed by atoms with E-state index in [9.17, 15) is 14.7 Å². The summed E-state index contributed by atoms with van der Waals surface area (Å²) >= 11 is 0. The highest BCUT2D eigenvalue weighted by Crippen LogP contribution is 2.56. The van der Waals surface area contributed by atoms with Gasteiger partial charge in [0.2, 0.25) is 5.78 Å². The summed E-state index contributed by atoms with van der Waals surface area (Å²) in [6, 6.07) is 48.3. The lowest BCUT2D eigenvalue weighted by Crippen LogP contribution is -2.45. The molecule has 354 valence electrons. The minimum atomic E-state index is -1.12. The number of benzene rings is 8.